The molecule has 1 rings (SSSR count). The van der Waals surface area contributed by atoms with Gasteiger partial charge in [-0.2, -0.15) is 0 Å². The van der Waals surface area contributed by atoms with Crippen molar-refractivity contribution in [1.29, 1.82) is 0 Å². The van der Waals surface area contributed by atoms with Crippen molar-refractivity contribution in [2.75, 3.05) is 31.6 Å². The molecule has 0 aromatic rings. The fourth-order valence-electron chi connectivity index (χ4n) is 2.68. The number of nitrogens with zero attached hydrogens (tertiary/aromatic N) is 1. The molecule has 22 heavy (non-hydrogen) atoms. The lowest BCUT2D eigenvalue weighted by Gasteiger charge is -2.19. The normalized spacial score (nSPS) is 22.0. The molecule has 2 atom stereocenters. The number of hydrogen-bond acceptors (Lipinski definition) is 3. The average Bonchev–Trinajstić information content (AvgIpc) is 2.81. The van der Waals surface area contributed by atoms with Gasteiger partial charge in [-0.15, -0.1) is 24.0 Å². The molecular weight excluding hydrogens is 413 g/mol. The second-order valence-corrected chi connectivity index (χ2v) is 8.25. The van der Waals surface area contributed by atoms with Crippen molar-refractivity contribution < 1.29 is 8.42 Å². The number of guanidine groups is 1. The summed E-state index contributed by atoms with van der Waals surface area (Å²) in [6.45, 7) is 6.06. The lowest BCUT2D eigenvalue weighted by molar-refractivity contribution is 0.442. The molecule has 0 saturated carbocycles. The SMILES string of the molecule is CCCCC(CC)CNC(=NC)NCC1CCS(=O)(=O)C1.I. The minimum Gasteiger partial charge on any atom is -0.356 e. The molecule has 7 heteroatoms. The Morgan fingerprint density at radius 2 is 2.05 bits per heavy atom. The molecule has 2 N–H and O–H groups in total. The van der Waals surface area contributed by atoms with Gasteiger partial charge in [0, 0.05) is 20.1 Å². The summed E-state index contributed by atoms with van der Waals surface area (Å²) in [7, 11) is -1.03. The number of halogens is 1. The Balaban J connectivity index is 0.00000441. The molecule has 0 spiro atoms. The van der Waals surface area contributed by atoms with Gasteiger partial charge < -0.3 is 10.6 Å². The predicted molar refractivity (Wildman–Crippen MR) is 105 cm³/mol. The van der Waals surface area contributed by atoms with Gasteiger partial charge in [0.1, 0.15) is 0 Å². The summed E-state index contributed by atoms with van der Waals surface area (Å²) in [6, 6.07) is 0. The quantitative estimate of drug-likeness (QED) is 0.342. The van der Waals surface area contributed by atoms with Gasteiger partial charge in [-0.05, 0) is 24.7 Å². The van der Waals surface area contributed by atoms with E-state index < -0.39 is 9.84 Å². The van der Waals surface area contributed by atoms with E-state index in [0.717, 1.165) is 18.9 Å². The van der Waals surface area contributed by atoms with Gasteiger partial charge in [0.15, 0.2) is 15.8 Å². The van der Waals surface area contributed by atoms with E-state index in [4.69, 9.17) is 0 Å². The maximum Gasteiger partial charge on any atom is 0.190 e. The Bertz CT molecular complexity index is 427. The summed E-state index contributed by atoms with van der Waals surface area (Å²) < 4.78 is 22.9. The lowest BCUT2D eigenvalue weighted by Crippen LogP contribution is -2.41. The number of nitrogens with one attached hydrogen (secondary N) is 2. The van der Waals surface area contributed by atoms with E-state index in [1.807, 2.05) is 0 Å². The van der Waals surface area contributed by atoms with E-state index >= 15 is 0 Å². The molecule has 0 aliphatic carbocycles. The predicted octanol–water partition coefficient (Wildman–Crippen LogP) is 2.42. The van der Waals surface area contributed by atoms with E-state index in [9.17, 15) is 8.42 Å². The monoisotopic (exact) mass is 445 g/mol. The molecule has 0 bridgehead atoms. The molecule has 0 radical (unpaired) electrons. The van der Waals surface area contributed by atoms with E-state index in [2.05, 4.69) is 29.5 Å². The van der Waals surface area contributed by atoms with Crippen LogP contribution in [0.25, 0.3) is 0 Å². The number of rotatable bonds is 8. The molecule has 1 aliphatic rings. The van der Waals surface area contributed by atoms with E-state index in [0.29, 0.717) is 24.0 Å². The van der Waals surface area contributed by atoms with Crippen molar-refractivity contribution >= 4 is 39.8 Å². The van der Waals surface area contributed by atoms with Crippen LogP contribution >= 0.6 is 24.0 Å². The minimum absolute atomic E-state index is 0. The van der Waals surface area contributed by atoms with Crippen LogP contribution in [0.5, 0.6) is 0 Å². The first-order valence-corrected chi connectivity index (χ1v) is 9.97. The molecule has 0 amide bonds. The summed E-state index contributed by atoms with van der Waals surface area (Å²) in [6.07, 6.45) is 5.69. The van der Waals surface area contributed by atoms with Gasteiger partial charge in [0.25, 0.3) is 0 Å². The van der Waals surface area contributed by atoms with Crippen molar-refractivity contribution in [2.24, 2.45) is 16.8 Å². The number of hydrogen-bond donors (Lipinski definition) is 2. The van der Waals surface area contributed by atoms with Gasteiger partial charge >= 0.3 is 0 Å². The zero-order valence-corrected chi connectivity index (χ0v) is 17.2. The molecule has 1 aliphatic heterocycles. The first-order chi connectivity index (χ1) is 10.0. The summed E-state index contributed by atoms with van der Waals surface area (Å²) in [5, 5.41) is 6.62. The second kappa shape index (κ2) is 11.5. The van der Waals surface area contributed by atoms with Crippen LogP contribution in [0.4, 0.5) is 0 Å². The average molecular weight is 445 g/mol. The van der Waals surface area contributed by atoms with Crippen molar-refractivity contribution in [3.63, 3.8) is 0 Å². The van der Waals surface area contributed by atoms with Crippen molar-refractivity contribution in [2.45, 2.75) is 46.0 Å². The smallest absolute Gasteiger partial charge is 0.190 e. The standard InChI is InChI=1S/C15H31N3O2S.HI/c1-4-6-7-13(5-2)10-17-15(16-3)18-11-14-8-9-21(19,20)12-14;/h13-14H,4-12H2,1-3H3,(H2,16,17,18);1H. The Morgan fingerprint density at radius 1 is 1.32 bits per heavy atom. The highest BCUT2D eigenvalue weighted by atomic mass is 127. The van der Waals surface area contributed by atoms with Crippen molar-refractivity contribution in [3.05, 3.63) is 0 Å². The topological polar surface area (TPSA) is 70.6 Å². The summed E-state index contributed by atoms with van der Waals surface area (Å²) in [5.74, 6) is 2.32. The Hall–Kier alpha value is -0.0500. The highest BCUT2D eigenvalue weighted by Gasteiger charge is 2.27. The second-order valence-electron chi connectivity index (χ2n) is 6.02. The third kappa shape index (κ3) is 8.55. The van der Waals surface area contributed by atoms with Crippen LogP contribution in [-0.4, -0.2) is 46.0 Å². The maximum atomic E-state index is 11.4. The zero-order chi connectivity index (χ0) is 15.7. The summed E-state index contributed by atoms with van der Waals surface area (Å²) >= 11 is 0. The highest BCUT2D eigenvalue weighted by molar-refractivity contribution is 14.0. The van der Waals surface area contributed by atoms with E-state index in [1.54, 1.807) is 7.05 Å². The van der Waals surface area contributed by atoms with Crippen molar-refractivity contribution in [1.82, 2.24) is 10.6 Å². The van der Waals surface area contributed by atoms with E-state index in [1.165, 1.54) is 25.7 Å². The van der Waals surface area contributed by atoms with Gasteiger partial charge in [0.2, 0.25) is 0 Å². The van der Waals surface area contributed by atoms with Crippen LogP contribution < -0.4 is 10.6 Å². The van der Waals surface area contributed by atoms with Crippen LogP contribution in [0.15, 0.2) is 4.99 Å². The molecule has 0 aromatic heterocycles. The minimum atomic E-state index is -2.79. The lowest BCUT2D eigenvalue weighted by atomic mass is 9.99. The first-order valence-electron chi connectivity index (χ1n) is 8.15. The van der Waals surface area contributed by atoms with Crippen LogP contribution in [-0.2, 0) is 9.84 Å². The van der Waals surface area contributed by atoms with Crippen LogP contribution in [0.2, 0.25) is 0 Å². The molecule has 1 heterocycles. The molecule has 1 saturated heterocycles. The Kier molecular flexibility index (Phi) is 11.5. The third-order valence-corrected chi connectivity index (χ3v) is 6.05. The highest BCUT2D eigenvalue weighted by Crippen LogP contribution is 2.17. The number of unbranched alkanes of at least 4 members (excludes halogenated alkanes) is 1. The third-order valence-electron chi connectivity index (χ3n) is 4.21. The van der Waals surface area contributed by atoms with Gasteiger partial charge in [0.05, 0.1) is 11.5 Å². The first kappa shape index (κ1) is 21.9. The van der Waals surface area contributed by atoms with E-state index in [-0.39, 0.29) is 29.9 Å². The van der Waals surface area contributed by atoms with Crippen LogP contribution in [0.3, 0.4) is 0 Å². The zero-order valence-electron chi connectivity index (χ0n) is 14.1. The van der Waals surface area contributed by atoms with Gasteiger partial charge in [-0.1, -0.05) is 33.1 Å². The number of sulfone groups is 1. The maximum absolute atomic E-state index is 11.4. The summed E-state index contributed by atoms with van der Waals surface area (Å²) in [4.78, 5) is 4.22. The molecule has 5 nitrogen and oxygen atoms in total. The molecule has 2 unspecified atom stereocenters. The van der Waals surface area contributed by atoms with Gasteiger partial charge in [-0.3, -0.25) is 4.99 Å². The van der Waals surface area contributed by atoms with Crippen LogP contribution in [0.1, 0.15) is 46.0 Å². The Morgan fingerprint density at radius 3 is 2.55 bits per heavy atom. The summed E-state index contributed by atoms with van der Waals surface area (Å²) in [5.41, 5.74) is 0. The van der Waals surface area contributed by atoms with Gasteiger partial charge in [-0.25, -0.2) is 8.42 Å². The van der Waals surface area contributed by atoms with Crippen LogP contribution in [0, 0.1) is 11.8 Å². The Labute approximate surface area is 153 Å². The molecule has 0 aromatic carbocycles. The molecular formula is C15H32IN3O2S. The largest absolute Gasteiger partial charge is 0.356 e. The van der Waals surface area contributed by atoms with Crippen molar-refractivity contribution in [3.8, 4) is 0 Å². The fraction of sp³-hybridized carbons (Fsp3) is 0.933. The fourth-order valence-corrected chi connectivity index (χ4v) is 4.54. The molecule has 1 fully saturated rings. The molecule has 132 valence electrons. The number of aliphatic imine (C=N–C) groups is 1.